The Labute approximate surface area is 134 Å². The van der Waals surface area contributed by atoms with E-state index in [1.807, 2.05) is 31.3 Å². The molecule has 2 heterocycles. The molecule has 0 radical (unpaired) electrons. The quantitative estimate of drug-likeness (QED) is 0.933. The summed E-state index contributed by atoms with van der Waals surface area (Å²) < 4.78 is 1.77. The lowest BCUT2D eigenvalue weighted by atomic mass is 9.97. The highest BCUT2D eigenvalue weighted by Crippen LogP contribution is 2.19. The molecule has 1 unspecified atom stereocenters. The van der Waals surface area contributed by atoms with Gasteiger partial charge in [-0.1, -0.05) is 0 Å². The van der Waals surface area contributed by atoms with Gasteiger partial charge in [-0.2, -0.15) is 5.10 Å². The van der Waals surface area contributed by atoms with Crippen LogP contribution >= 0.6 is 0 Å². The number of nitrogens with two attached hydrogens (primary N) is 1. The molecule has 1 saturated heterocycles. The van der Waals surface area contributed by atoms with Crippen LogP contribution in [0.4, 0.5) is 0 Å². The van der Waals surface area contributed by atoms with Gasteiger partial charge in [-0.3, -0.25) is 9.59 Å². The second kappa shape index (κ2) is 6.24. The summed E-state index contributed by atoms with van der Waals surface area (Å²) in [6.07, 6.45) is 3.45. The minimum Gasteiger partial charge on any atom is -0.369 e. The molecule has 1 aromatic carbocycles. The zero-order chi connectivity index (χ0) is 16.4. The summed E-state index contributed by atoms with van der Waals surface area (Å²) in [5.74, 6) is -0.620. The van der Waals surface area contributed by atoms with Crippen LogP contribution < -0.4 is 5.73 Å². The number of likely N-dealkylation sites (tertiary alicyclic amines) is 1. The van der Waals surface area contributed by atoms with Crippen LogP contribution in [0.5, 0.6) is 0 Å². The number of rotatable bonds is 3. The van der Waals surface area contributed by atoms with Gasteiger partial charge in [0.05, 0.1) is 17.3 Å². The molecule has 0 saturated carbocycles. The molecule has 0 aliphatic carbocycles. The highest BCUT2D eigenvalue weighted by atomic mass is 16.2. The average Bonchev–Trinajstić information content (AvgIpc) is 3.01. The number of aromatic nitrogens is 2. The molecule has 6 heteroatoms. The molecule has 0 bridgehead atoms. The summed E-state index contributed by atoms with van der Waals surface area (Å²) >= 11 is 0. The maximum Gasteiger partial charge on any atom is 0.253 e. The number of carbonyl (C=O) groups is 2. The predicted octanol–water partition coefficient (Wildman–Crippen LogP) is 1.52. The summed E-state index contributed by atoms with van der Waals surface area (Å²) in [6.45, 7) is 3.01. The van der Waals surface area contributed by atoms with E-state index < -0.39 is 0 Å². The van der Waals surface area contributed by atoms with E-state index in [0.717, 1.165) is 24.2 Å². The Kier molecular flexibility index (Phi) is 4.14. The van der Waals surface area contributed by atoms with Crippen LogP contribution in [0.25, 0.3) is 5.69 Å². The summed E-state index contributed by atoms with van der Waals surface area (Å²) in [4.78, 5) is 25.6. The molecular formula is C17H20N4O2. The molecule has 1 atom stereocenters. The van der Waals surface area contributed by atoms with Gasteiger partial charge in [0.15, 0.2) is 0 Å². The topological polar surface area (TPSA) is 81.2 Å². The first kappa shape index (κ1) is 15.3. The van der Waals surface area contributed by atoms with Gasteiger partial charge in [0.1, 0.15) is 0 Å². The van der Waals surface area contributed by atoms with Crippen molar-refractivity contribution >= 4 is 11.8 Å². The van der Waals surface area contributed by atoms with Crippen LogP contribution in [-0.2, 0) is 4.79 Å². The number of benzene rings is 1. The minimum atomic E-state index is -0.327. The fourth-order valence-corrected chi connectivity index (χ4v) is 2.89. The number of aryl methyl sites for hydroxylation is 1. The van der Waals surface area contributed by atoms with Crippen LogP contribution in [0.2, 0.25) is 0 Å². The lowest BCUT2D eigenvalue weighted by Crippen LogP contribution is -2.44. The fourth-order valence-electron chi connectivity index (χ4n) is 2.89. The third kappa shape index (κ3) is 3.26. The van der Waals surface area contributed by atoms with Crippen LogP contribution in [0.1, 0.15) is 28.9 Å². The van der Waals surface area contributed by atoms with Crippen molar-refractivity contribution in [1.29, 1.82) is 0 Å². The molecule has 2 aromatic rings. The van der Waals surface area contributed by atoms with Crippen molar-refractivity contribution in [2.75, 3.05) is 13.1 Å². The van der Waals surface area contributed by atoms with E-state index in [-0.39, 0.29) is 17.7 Å². The number of primary amides is 1. The Morgan fingerprint density at radius 1 is 1.22 bits per heavy atom. The summed E-state index contributed by atoms with van der Waals surface area (Å²) in [7, 11) is 0. The molecule has 1 fully saturated rings. The summed E-state index contributed by atoms with van der Waals surface area (Å²) in [6, 6.07) is 9.26. The average molecular weight is 312 g/mol. The minimum absolute atomic E-state index is 0.0563. The van der Waals surface area contributed by atoms with E-state index in [9.17, 15) is 9.59 Å². The Bertz CT molecular complexity index is 720. The number of hydrogen-bond acceptors (Lipinski definition) is 3. The van der Waals surface area contributed by atoms with Gasteiger partial charge in [-0.15, -0.1) is 0 Å². The molecule has 1 aliphatic rings. The second-order valence-corrected chi connectivity index (χ2v) is 5.94. The number of hydrogen-bond donors (Lipinski definition) is 1. The Morgan fingerprint density at radius 3 is 2.57 bits per heavy atom. The third-order valence-electron chi connectivity index (χ3n) is 4.21. The first-order valence-corrected chi connectivity index (χ1v) is 7.76. The first-order chi connectivity index (χ1) is 11.0. The largest absolute Gasteiger partial charge is 0.369 e. The smallest absolute Gasteiger partial charge is 0.253 e. The Hall–Kier alpha value is -2.63. The van der Waals surface area contributed by atoms with Crippen molar-refractivity contribution < 1.29 is 9.59 Å². The van der Waals surface area contributed by atoms with E-state index in [1.165, 1.54) is 0 Å². The fraction of sp³-hybridized carbons (Fsp3) is 0.353. The van der Waals surface area contributed by atoms with Crippen LogP contribution in [0.15, 0.2) is 36.5 Å². The molecule has 23 heavy (non-hydrogen) atoms. The van der Waals surface area contributed by atoms with Crippen molar-refractivity contribution in [2.24, 2.45) is 11.7 Å². The van der Waals surface area contributed by atoms with Crippen molar-refractivity contribution in [1.82, 2.24) is 14.7 Å². The number of amides is 2. The third-order valence-corrected chi connectivity index (χ3v) is 4.21. The van der Waals surface area contributed by atoms with Gasteiger partial charge in [0, 0.05) is 24.8 Å². The highest BCUT2D eigenvalue weighted by Gasteiger charge is 2.27. The number of carbonyl (C=O) groups excluding carboxylic acids is 2. The van der Waals surface area contributed by atoms with E-state index in [2.05, 4.69) is 5.10 Å². The highest BCUT2D eigenvalue weighted by molar-refractivity contribution is 5.94. The molecule has 1 aliphatic heterocycles. The van der Waals surface area contributed by atoms with Crippen LogP contribution in [0, 0.1) is 12.8 Å². The first-order valence-electron chi connectivity index (χ1n) is 7.76. The zero-order valence-electron chi connectivity index (χ0n) is 13.1. The van der Waals surface area contributed by atoms with Crippen molar-refractivity contribution in [3.05, 3.63) is 47.8 Å². The van der Waals surface area contributed by atoms with Gasteiger partial charge in [-0.25, -0.2) is 4.68 Å². The van der Waals surface area contributed by atoms with Gasteiger partial charge in [-0.05, 0) is 50.1 Å². The van der Waals surface area contributed by atoms with Gasteiger partial charge in [0.2, 0.25) is 5.91 Å². The molecule has 2 N–H and O–H groups in total. The van der Waals surface area contributed by atoms with Crippen LogP contribution in [0.3, 0.4) is 0 Å². The van der Waals surface area contributed by atoms with E-state index in [0.29, 0.717) is 18.7 Å². The Morgan fingerprint density at radius 2 is 1.96 bits per heavy atom. The normalized spacial score (nSPS) is 18.0. The van der Waals surface area contributed by atoms with Crippen molar-refractivity contribution in [3.8, 4) is 5.69 Å². The second-order valence-electron chi connectivity index (χ2n) is 5.94. The summed E-state index contributed by atoms with van der Waals surface area (Å²) in [5.41, 5.74) is 7.83. The molecule has 1 aromatic heterocycles. The lowest BCUT2D eigenvalue weighted by molar-refractivity contribution is -0.123. The SMILES string of the molecule is Cc1ccn(-c2ccc(C(=O)N3CCCC(C(N)=O)C3)cc2)n1. The zero-order valence-corrected chi connectivity index (χ0v) is 13.1. The molecule has 120 valence electrons. The predicted molar refractivity (Wildman–Crippen MR) is 86.1 cm³/mol. The van der Waals surface area contributed by atoms with E-state index >= 15 is 0 Å². The number of piperidine rings is 1. The van der Waals surface area contributed by atoms with Gasteiger partial charge >= 0.3 is 0 Å². The van der Waals surface area contributed by atoms with E-state index in [1.54, 1.807) is 21.7 Å². The standard InChI is InChI=1S/C17H20N4O2/c1-12-8-10-21(19-12)15-6-4-13(5-7-15)17(23)20-9-2-3-14(11-20)16(18)22/h4-8,10,14H,2-3,9,11H2,1H3,(H2,18,22). The van der Waals surface area contributed by atoms with Gasteiger partial charge in [0.25, 0.3) is 5.91 Å². The van der Waals surface area contributed by atoms with Gasteiger partial charge < -0.3 is 10.6 Å². The van der Waals surface area contributed by atoms with Crippen LogP contribution in [-0.4, -0.2) is 39.6 Å². The molecule has 2 amide bonds. The number of nitrogens with zero attached hydrogens (tertiary/aromatic N) is 3. The maximum absolute atomic E-state index is 12.6. The Balaban J connectivity index is 1.74. The van der Waals surface area contributed by atoms with E-state index in [4.69, 9.17) is 5.73 Å². The molecule has 3 rings (SSSR count). The monoisotopic (exact) mass is 312 g/mol. The maximum atomic E-state index is 12.6. The lowest BCUT2D eigenvalue weighted by Gasteiger charge is -2.31. The molecular weight excluding hydrogens is 292 g/mol. The van der Waals surface area contributed by atoms with Crippen molar-refractivity contribution in [3.63, 3.8) is 0 Å². The van der Waals surface area contributed by atoms with Crippen molar-refractivity contribution in [2.45, 2.75) is 19.8 Å². The molecule has 6 nitrogen and oxygen atoms in total. The summed E-state index contributed by atoms with van der Waals surface area (Å²) in [5, 5.41) is 4.34. The molecule has 0 spiro atoms.